The van der Waals surface area contributed by atoms with Gasteiger partial charge < -0.3 is 14.4 Å². The number of rotatable bonds is 2. The van der Waals surface area contributed by atoms with Crippen LogP contribution in [0.1, 0.15) is 68.7 Å². The Morgan fingerprint density at radius 1 is 1.21 bits per heavy atom. The fourth-order valence-electron chi connectivity index (χ4n) is 2.87. The second-order valence-corrected chi connectivity index (χ2v) is 7.33. The van der Waals surface area contributed by atoms with Crippen molar-refractivity contribution in [2.75, 3.05) is 13.7 Å². The number of hydrogen-bond acceptors (Lipinski definition) is 5. The van der Waals surface area contributed by atoms with E-state index in [2.05, 4.69) is 5.10 Å². The number of ether oxygens (including phenoxy) is 2. The predicted molar refractivity (Wildman–Crippen MR) is 88.9 cm³/mol. The number of nitrogens with zero attached hydrogens (tertiary/aromatic N) is 3. The molecule has 0 aromatic carbocycles. The van der Waals surface area contributed by atoms with Crippen LogP contribution in [0.3, 0.4) is 0 Å². The van der Waals surface area contributed by atoms with Gasteiger partial charge in [-0.2, -0.15) is 5.10 Å². The van der Waals surface area contributed by atoms with Crippen molar-refractivity contribution in [2.24, 2.45) is 0 Å². The Hall–Kier alpha value is -2.05. The molecule has 0 spiro atoms. The molecule has 0 saturated carbocycles. The van der Waals surface area contributed by atoms with Crippen molar-refractivity contribution in [3.63, 3.8) is 0 Å². The van der Waals surface area contributed by atoms with Crippen molar-refractivity contribution in [1.29, 1.82) is 0 Å². The number of carbonyl (C=O) groups is 2. The first kappa shape index (κ1) is 18.3. The Kier molecular flexibility index (Phi) is 5.20. The van der Waals surface area contributed by atoms with Crippen LogP contribution in [0.2, 0.25) is 0 Å². The first-order valence-corrected chi connectivity index (χ1v) is 8.30. The van der Waals surface area contributed by atoms with Crippen LogP contribution in [0.4, 0.5) is 4.79 Å². The zero-order valence-corrected chi connectivity index (χ0v) is 15.4. The Morgan fingerprint density at radius 3 is 2.42 bits per heavy atom. The molecule has 24 heavy (non-hydrogen) atoms. The third-order valence-electron chi connectivity index (χ3n) is 3.84. The van der Waals surface area contributed by atoms with E-state index < -0.39 is 11.6 Å². The van der Waals surface area contributed by atoms with E-state index in [1.807, 2.05) is 39.3 Å². The minimum absolute atomic E-state index is 0.0986. The lowest BCUT2D eigenvalue weighted by Crippen LogP contribution is -2.36. The van der Waals surface area contributed by atoms with Gasteiger partial charge >= 0.3 is 12.1 Å². The van der Waals surface area contributed by atoms with Gasteiger partial charge in [-0.1, -0.05) is 13.8 Å². The number of aromatic nitrogens is 2. The molecule has 0 aliphatic carbocycles. The SMILES string of the molecule is COC(=O)c1nn2c(c1C(C)C)CN(C(=O)OC(C)(C)C)CCC2. The lowest BCUT2D eigenvalue weighted by Gasteiger charge is -2.26. The van der Waals surface area contributed by atoms with E-state index in [-0.39, 0.29) is 12.0 Å². The summed E-state index contributed by atoms with van der Waals surface area (Å²) in [4.78, 5) is 26.2. The van der Waals surface area contributed by atoms with Crippen LogP contribution in [0.15, 0.2) is 0 Å². The maximum absolute atomic E-state index is 12.4. The minimum atomic E-state index is -0.540. The number of aryl methyl sites for hydroxylation is 1. The summed E-state index contributed by atoms with van der Waals surface area (Å²) in [6.45, 7) is 11.2. The van der Waals surface area contributed by atoms with E-state index in [4.69, 9.17) is 9.47 Å². The van der Waals surface area contributed by atoms with Crippen LogP contribution < -0.4 is 0 Å². The average Bonchev–Trinajstić information content (AvgIpc) is 2.69. The highest BCUT2D eigenvalue weighted by atomic mass is 16.6. The topological polar surface area (TPSA) is 73.7 Å². The van der Waals surface area contributed by atoms with Crippen molar-refractivity contribution in [3.8, 4) is 0 Å². The van der Waals surface area contributed by atoms with E-state index in [9.17, 15) is 9.59 Å². The molecular weight excluding hydrogens is 310 g/mol. The first-order valence-electron chi connectivity index (χ1n) is 8.30. The molecule has 0 N–H and O–H groups in total. The van der Waals surface area contributed by atoms with Crippen LogP contribution >= 0.6 is 0 Å². The van der Waals surface area contributed by atoms with Gasteiger partial charge in [-0.15, -0.1) is 0 Å². The van der Waals surface area contributed by atoms with Crippen LogP contribution in [0, 0.1) is 0 Å². The van der Waals surface area contributed by atoms with Gasteiger partial charge in [0.2, 0.25) is 0 Å². The Balaban J connectivity index is 2.36. The predicted octanol–water partition coefficient (Wildman–Crippen LogP) is 2.93. The lowest BCUT2D eigenvalue weighted by molar-refractivity contribution is 0.0236. The summed E-state index contributed by atoms with van der Waals surface area (Å²) in [5.74, 6) is -0.343. The lowest BCUT2D eigenvalue weighted by atomic mass is 10.00. The molecule has 0 radical (unpaired) electrons. The van der Waals surface area contributed by atoms with Gasteiger partial charge in [0.1, 0.15) is 5.60 Å². The molecule has 0 bridgehead atoms. The van der Waals surface area contributed by atoms with Gasteiger partial charge in [0.25, 0.3) is 0 Å². The smallest absolute Gasteiger partial charge is 0.410 e. The molecule has 1 amide bonds. The van der Waals surface area contributed by atoms with Crippen LogP contribution in [0.5, 0.6) is 0 Å². The molecule has 1 aliphatic rings. The highest BCUT2D eigenvalue weighted by Gasteiger charge is 2.31. The monoisotopic (exact) mass is 337 g/mol. The molecule has 0 fully saturated rings. The minimum Gasteiger partial charge on any atom is -0.464 e. The summed E-state index contributed by atoms with van der Waals surface area (Å²) in [7, 11) is 1.35. The molecule has 0 atom stereocenters. The third-order valence-corrected chi connectivity index (χ3v) is 3.84. The summed E-state index contributed by atoms with van der Waals surface area (Å²) >= 11 is 0. The average molecular weight is 337 g/mol. The Bertz CT molecular complexity index is 629. The number of hydrogen-bond donors (Lipinski definition) is 0. The van der Waals surface area contributed by atoms with E-state index in [0.717, 1.165) is 17.7 Å². The van der Waals surface area contributed by atoms with Gasteiger partial charge in [0.15, 0.2) is 5.69 Å². The molecule has 2 heterocycles. The molecule has 2 rings (SSSR count). The molecule has 0 unspecified atom stereocenters. The number of fused-ring (bicyclic) bond motifs is 1. The number of amides is 1. The zero-order valence-electron chi connectivity index (χ0n) is 15.4. The Morgan fingerprint density at radius 2 is 1.88 bits per heavy atom. The quantitative estimate of drug-likeness (QED) is 0.776. The second-order valence-electron chi connectivity index (χ2n) is 7.33. The first-order chi connectivity index (χ1) is 11.1. The standard InChI is InChI=1S/C17H27N3O4/c1-11(2)13-12-10-19(16(22)24-17(3,4)5)8-7-9-20(12)18-14(13)15(21)23-6/h11H,7-10H2,1-6H3. The van der Waals surface area contributed by atoms with Crippen molar-refractivity contribution >= 4 is 12.1 Å². The van der Waals surface area contributed by atoms with Gasteiger partial charge in [-0.25, -0.2) is 9.59 Å². The summed E-state index contributed by atoms with van der Waals surface area (Å²) < 4.78 is 12.2. The molecule has 1 aromatic heterocycles. The molecule has 1 aromatic rings. The molecular formula is C17H27N3O4. The summed E-state index contributed by atoms with van der Waals surface area (Å²) in [6, 6.07) is 0. The van der Waals surface area contributed by atoms with Crippen molar-refractivity contribution in [3.05, 3.63) is 17.0 Å². The molecule has 7 heteroatoms. The fourth-order valence-corrected chi connectivity index (χ4v) is 2.87. The van der Waals surface area contributed by atoms with Gasteiger partial charge in [-0.3, -0.25) is 4.68 Å². The molecule has 7 nitrogen and oxygen atoms in total. The maximum Gasteiger partial charge on any atom is 0.410 e. The van der Waals surface area contributed by atoms with Gasteiger partial charge in [0.05, 0.1) is 19.3 Å². The number of carbonyl (C=O) groups excluding carboxylic acids is 2. The normalized spacial score (nSPS) is 15.0. The van der Waals surface area contributed by atoms with Crippen molar-refractivity contribution in [1.82, 2.24) is 14.7 Å². The number of esters is 1. The summed E-state index contributed by atoms with van der Waals surface area (Å²) in [5, 5.41) is 4.43. The van der Waals surface area contributed by atoms with Crippen molar-refractivity contribution < 1.29 is 19.1 Å². The van der Waals surface area contributed by atoms with E-state index in [1.165, 1.54) is 7.11 Å². The highest BCUT2D eigenvalue weighted by Crippen LogP contribution is 2.28. The zero-order chi connectivity index (χ0) is 18.1. The molecule has 1 aliphatic heterocycles. The van der Waals surface area contributed by atoms with Crippen LogP contribution in [-0.4, -0.2) is 46.0 Å². The van der Waals surface area contributed by atoms with E-state index in [0.29, 0.717) is 25.3 Å². The molecule has 0 saturated heterocycles. The number of methoxy groups -OCH3 is 1. The van der Waals surface area contributed by atoms with E-state index >= 15 is 0 Å². The Labute approximate surface area is 142 Å². The van der Waals surface area contributed by atoms with Gasteiger partial charge in [-0.05, 0) is 33.1 Å². The summed E-state index contributed by atoms with van der Waals surface area (Å²) in [6.07, 6.45) is 0.415. The van der Waals surface area contributed by atoms with Crippen molar-refractivity contribution in [2.45, 2.75) is 65.6 Å². The van der Waals surface area contributed by atoms with Crippen LogP contribution in [0.25, 0.3) is 0 Å². The van der Waals surface area contributed by atoms with Crippen LogP contribution in [-0.2, 0) is 22.6 Å². The van der Waals surface area contributed by atoms with Gasteiger partial charge in [0, 0.05) is 18.7 Å². The summed E-state index contributed by atoms with van der Waals surface area (Å²) in [5.41, 5.74) is 1.53. The maximum atomic E-state index is 12.4. The largest absolute Gasteiger partial charge is 0.464 e. The molecule has 134 valence electrons. The third kappa shape index (κ3) is 3.88. The fraction of sp³-hybridized carbons (Fsp3) is 0.706. The van der Waals surface area contributed by atoms with E-state index in [1.54, 1.807) is 4.90 Å². The second kappa shape index (κ2) is 6.83. The highest BCUT2D eigenvalue weighted by molar-refractivity contribution is 5.89.